The molecule has 0 bridgehead atoms. The highest BCUT2D eigenvalue weighted by Gasteiger charge is 2.07. The van der Waals surface area contributed by atoms with Crippen molar-refractivity contribution in [3.63, 3.8) is 0 Å². The maximum atomic E-state index is 10.8. The van der Waals surface area contributed by atoms with E-state index >= 15 is 0 Å². The van der Waals surface area contributed by atoms with Crippen LogP contribution in [0.5, 0.6) is 5.75 Å². The van der Waals surface area contributed by atoms with Crippen LogP contribution in [0, 0.1) is 10.1 Å². The lowest BCUT2D eigenvalue weighted by atomic mass is 10.1. The van der Waals surface area contributed by atoms with Crippen molar-refractivity contribution >= 4 is 16.5 Å². The van der Waals surface area contributed by atoms with Crippen molar-refractivity contribution in [1.82, 2.24) is 0 Å². The molecule has 4 nitrogen and oxygen atoms in total. The smallest absolute Gasteiger partial charge is 0.273 e. The molecule has 0 spiro atoms. The van der Waals surface area contributed by atoms with E-state index < -0.39 is 4.92 Å². The van der Waals surface area contributed by atoms with Gasteiger partial charge in [-0.25, -0.2) is 0 Å². The number of nitro groups is 1. The summed E-state index contributed by atoms with van der Waals surface area (Å²) in [5, 5.41) is 13.0. The Labute approximate surface area is 121 Å². The second-order valence-corrected chi connectivity index (χ2v) is 4.68. The molecule has 0 aliphatic carbocycles. The fourth-order valence-electron chi connectivity index (χ4n) is 2.27. The van der Waals surface area contributed by atoms with Crippen LogP contribution in [-0.4, -0.2) is 4.92 Å². The lowest BCUT2D eigenvalue weighted by Gasteiger charge is -2.09. The van der Waals surface area contributed by atoms with Gasteiger partial charge in [0.1, 0.15) is 12.4 Å². The maximum Gasteiger partial charge on any atom is 0.273 e. The van der Waals surface area contributed by atoms with Crippen LogP contribution in [0.2, 0.25) is 0 Å². The van der Waals surface area contributed by atoms with E-state index in [4.69, 9.17) is 4.74 Å². The molecule has 0 heterocycles. The molecular formula is C17H13NO3. The van der Waals surface area contributed by atoms with Crippen molar-refractivity contribution in [2.24, 2.45) is 0 Å². The molecule has 0 saturated carbocycles. The molecule has 104 valence electrons. The van der Waals surface area contributed by atoms with E-state index in [-0.39, 0.29) is 5.69 Å². The summed E-state index contributed by atoms with van der Waals surface area (Å²) in [6.45, 7) is 0.378. The van der Waals surface area contributed by atoms with Gasteiger partial charge < -0.3 is 4.74 Å². The zero-order valence-electron chi connectivity index (χ0n) is 11.2. The number of nitro benzene ring substituents is 1. The van der Waals surface area contributed by atoms with Crippen LogP contribution < -0.4 is 4.74 Å². The van der Waals surface area contributed by atoms with Crippen molar-refractivity contribution in [3.8, 4) is 5.75 Å². The molecule has 0 atom stereocenters. The summed E-state index contributed by atoms with van der Waals surface area (Å²) in [6, 6.07) is 20.3. The molecule has 0 fully saturated rings. The third-order valence-corrected chi connectivity index (χ3v) is 3.30. The van der Waals surface area contributed by atoms with Gasteiger partial charge in [-0.2, -0.15) is 0 Å². The van der Waals surface area contributed by atoms with Crippen LogP contribution in [-0.2, 0) is 6.61 Å². The summed E-state index contributed by atoms with van der Waals surface area (Å²) in [4.78, 5) is 10.3. The van der Waals surface area contributed by atoms with Crippen molar-refractivity contribution in [3.05, 3.63) is 82.4 Å². The van der Waals surface area contributed by atoms with E-state index in [0.29, 0.717) is 12.4 Å². The molecule has 0 saturated heterocycles. The zero-order valence-corrected chi connectivity index (χ0v) is 11.2. The van der Waals surface area contributed by atoms with Crippen LogP contribution in [0.15, 0.2) is 66.7 Å². The number of hydrogen-bond acceptors (Lipinski definition) is 3. The minimum absolute atomic E-state index is 0.0328. The fraction of sp³-hybridized carbons (Fsp3) is 0.0588. The van der Waals surface area contributed by atoms with E-state index in [9.17, 15) is 10.1 Å². The quantitative estimate of drug-likeness (QED) is 0.527. The van der Waals surface area contributed by atoms with Crippen LogP contribution in [0.4, 0.5) is 5.69 Å². The molecule has 3 aromatic rings. The predicted molar refractivity (Wildman–Crippen MR) is 81.4 cm³/mol. The van der Waals surface area contributed by atoms with Gasteiger partial charge in [-0.15, -0.1) is 0 Å². The molecule has 3 aromatic carbocycles. The van der Waals surface area contributed by atoms with Crippen molar-refractivity contribution in [2.75, 3.05) is 0 Å². The summed E-state index contributed by atoms with van der Waals surface area (Å²) in [5.41, 5.74) is 1.09. The fourth-order valence-corrected chi connectivity index (χ4v) is 2.27. The highest BCUT2D eigenvalue weighted by atomic mass is 16.6. The number of fused-ring (bicyclic) bond motifs is 1. The van der Waals surface area contributed by atoms with Crippen molar-refractivity contribution in [2.45, 2.75) is 6.61 Å². The number of non-ortho nitro benzene ring substituents is 1. The average Bonchev–Trinajstić information content (AvgIpc) is 2.53. The monoisotopic (exact) mass is 279 g/mol. The first-order chi connectivity index (χ1) is 10.2. The molecule has 0 aliphatic heterocycles. The number of ether oxygens (including phenoxy) is 1. The maximum absolute atomic E-state index is 10.8. The average molecular weight is 279 g/mol. The Morgan fingerprint density at radius 3 is 2.57 bits per heavy atom. The molecule has 0 unspecified atom stereocenters. The SMILES string of the molecule is O=[N+]([O-])c1cccc(OCc2cccc3ccccc23)c1. The minimum atomic E-state index is -0.426. The summed E-state index contributed by atoms with van der Waals surface area (Å²) in [6.07, 6.45) is 0. The Morgan fingerprint density at radius 2 is 1.71 bits per heavy atom. The van der Waals surface area contributed by atoms with Gasteiger partial charge >= 0.3 is 0 Å². The van der Waals surface area contributed by atoms with Crippen LogP contribution in [0.3, 0.4) is 0 Å². The van der Waals surface area contributed by atoms with E-state index in [1.165, 1.54) is 12.1 Å². The lowest BCUT2D eigenvalue weighted by molar-refractivity contribution is -0.384. The van der Waals surface area contributed by atoms with Gasteiger partial charge in [-0.05, 0) is 22.4 Å². The lowest BCUT2D eigenvalue weighted by Crippen LogP contribution is -1.97. The van der Waals surface area contributed by atoms with Gasteiger partial charge in [0, 0.05) is 6.07 Å². The van der Waals surface area contributed by atoms with Gasteiger partial charge in [-0.3, -0.25) is 10.1 Å². The largest absolute Gasteiger partial charge is 0.489 e. The standard InChI is InChI=1S/C17H13NO3/c19-18(20)15-8-4-9-16(11-15)21-12-14-7-3-6-13-5-1-2-10-17(13)14/h1-11H,12H2. The zero-order chi connectivity index (χ0) is 14.7. The second-order valence-electron chi connectivity index (χ2n) is 4.68. The Hall–Kier alpha value is -2.88. The van der Waals surface area contributed by atoms with E-state index in [1.54, 1.807) is 12.1 Å². The molecule has 0 aromatic heterocycles. The first-order valence-corrected chi connectivity index (χ1v) is 6.58. The summed E-state index contributed by atoms with van der Waals surface area (Å²) in [7, 11) is 0. The van der Waals surface area contributed by atoms with Crippen LogP contribution in [0.25, 0.3) is 10.8 Å². The van der Waals surface area contributed by atoms with E-state index in [0.717, 1.165) is 16.3 Å². The summed E-state index contributed by atoms with van der Waals surface area (Å²) >= 11 is 0. The highest BCUT2D eigenvalue weighted by molar-refractivity contribution is 5.85. The molecule has 21 heavy (non-hydrogen) atoms. The molecule has 0 aliphatic rings. The molecule has 0 radical (unpaired) electrons. The van der Waals surface area contributed by atoms with Crippen molar-refractivity contribution < 1.29 is 9.66 Å². The van der Waals surface area contributed by atoms with Gasteiger partial charge in [0.2, 0.25) is 0 Å². The predicted octanol–water partition coefficient (Wildman–Crippen LogP) is 4.33. The summed E-state index contributed by atoms with van der Waals surface area (Å²) < 4.78 is 5.69. The third kappa shape index (κ3) is 2.84. The summed E-state index contributed by atoms with van der Waals surface area (Å²) in [5.74, 6) is 0.497. The highest BCUT2D eigenvalue weighted by Crippen LogP contribution is 2.23. The number of benzene rings is 3. The van der Waals surface area contributed by atoms with Crippen LogP contribution in [0.1, 0.15) is 5.56 Å². The minimum Gasteiger partial charge on any atom is -0.489 e. The molecule has 0 N–H and O–H groups in total. The number of rotatable bonds is 4. The Morgan fingerprint density at radius 1 is 0.952 bits per heavy atom. The van der Waals surface area contributed by atoms with Crippen molar-refractivity contribution in [1.29, 1.82) is 0 Å². The van der Waals surface area contributed by atoms with Gasteiger partial charge in [0.05, 0.1) is 11.0 Å². The second kappa shape index (κ2) is 5.63. The molecule has 0 amide bonds. The number of nitrogens with zero attached hydrogens (tertiary/aromatic N) is 1. The van der Waals surface area contributed by atoms with Gasteiger partial charge in [-0.1, -0.05) is 48.5 Å². The Bertz CT molecular complexity index is 793. The normalized spacial score (nSPS) is 10.5. The van der Waals surface area contributed by atoms with E-state index in [1.807, 2.05) is 42.5 Å². The van der Waals surface area contributed by atoms with E-state index in [2.05, 4.69) is 0 Å². The van der Waals surface area contributed by atoms with Gasteiger partial charge in [0.15, 0.2) is 0 Å². The molecule has 4 heteroatoms. The molecular weight excluding hydrogens is 266 g/mol. The first kappa shape index (κ1) is 13.1. The van der Waals surface area contributed by atoms with Crippen LogP contribution >= 0.6 is 0 Å². The number of hydrogen-bond donors (Lipinski definition) is 0. The van der Waals surface area contributed by atoms with Gasteiger partial charge in [0.25, 0.3) is 5.69 Å². The Balaban J connectivity index is 1.84. The molecule has 3 rings (SSSR count). The topological polar surface area (TPSA) is 52.4 Å². The first-order valence-electron chi connectivity index (χ1n) is 6.58. The Kier molecular flexibility index (Phi) is 3.51. The third-order valence-electron chi connectivity index (χ3n) is 3.30.